The molecule has 5 heteroatoms. The molecule has 0 aliphatic carbocycles. The molecule has 0 spiro atoms. The highest BCUT2D eigenvalue weighted by molar-refractivity contribution is 5.82. The number of amides is 1. The van der Waals surface area contributed by atoms with Gasteiger partial charge in [-0.15, -0.1) is 0 Å². The molecule has 1 N–H and O–H groups in total. The summed E-state index contributed by atoms with van der Waals surface area (Å²) in [6, 6.07) is 11.1. The minimum atomic E-state index is -0.608. The molecule has 0 unspecified atom stereocenters. The highest BCUT2D eigenvalue weighted by atomic mass is 16.5. The first-order chi connectivity index (χ1) is 9.31. The summed E-state index contributed by atoms with van der Waals surface area (Å²) in [5.74, 6) is -0.188. The molecule has 0 saturated carbocycles. The third kappa shape index (κ3) is 3.59. The third-order valence-electron chi connectivity index (χ3n) is 2.66. The second-order valence-corrected chi connectivity index (χ2v) is 3.94. The van der Waals surface area contributed by atoms with Crippen molar-refractivity contribution >= 4 is 5.91 Å². The van der Waals surface area contributed by atoms with Crippen LogP contribution in [0.5, 0.6) is 0 Å². The Morgan fingerprint density at radius 3 is 2.74 bits per heavy atom. The van der Waals surface area contributed by atoms with Gasteiger partial charge in [-0.05, 0) is 11.6 Å². The number of rotatable bonds is 5. The van der Waals surface area contributed by atoms with Gasteiger partial charge in [-0.2, -0.15) is 0 Å². The molecule has 19 heavy (non-hydrogen) atoms. The van der Waals surface area contributed by atoms with Crippen LogP contribution in [0.3, 0.4) is 0 Å². The molecule has 0 fully saturated rings. The molecule has 0 bridgehead atoms. The minimum Gasteiger partial charge on any atom is -0.367 e. The van der Waals surface area contributed by atoms with Crippen molar-refractivity contribution < 1.29 is 9.53 Å². The quantitative estimate of drug-likeness (QED) is 0.881. The molecule has 1 atom stereocenters. The second-order valence-electron chi connectivity index (χ2n) is 3.94. The van der Waals surface area contributed by atoms with E-state index in [9.17, 15) is 4.79 Å². The number of carbonyl (C=O) groups is 1. The maximum atomic E-state index is 12.1. The van der Waals surface area contributed by atoms with Crippen molar-refractivity contribution in [2.75, 3.05) is 7.11 Å². The number of hydrogen-bond donors (Lipinski definition) is 1. The van der Waals surface area contributed by atoms with Gasteiger partial charge in [0.05, 0.1) is 12.2 Å². The van der Waals surface area contributed by atoms with Gasteiger partial charge in [0.1, 0.15) is 6.33 Å². The number of nitrogens with one attached hydrogen (secondary N) is 1. The van der Waals surface area contributed by atoms with Crippen molar-refractivity contribution in [1.29, 1.82) is 0 Å². The van der Waals surface area contributed by atoms with Crippen molar-refractivity contribution in [3.8, 4) is 0 Å². The van der Waals surface area contributed by atoms with Crippen LogP contribution in [0, 0.1) is 0 Å². The number of hydrogen-bond acceptors (Lipinski definition) is 4. The Bertz CT molecular complexity index is 517. The fourth-order valence-corrected chi connectivity index (χ4v) is 1.72. The summed E-state index contributed by atoms with van der Waals surface area (Å²) < 4.78 is 5.24. The van der Waals surface area contributed by atoms with E-state index in [2.05, 4.69) is 15.3 Å². The highest BCUT2D eigenvalue weighted by Gasteiger charge is 2.19. The van der Waals surface area contributed by atoms with E-state index in [1.165, 1.54) is 13.4 Å². The molecule has 1 amide bonds. The van der Waals surface area contributed by atoms with Gasteiger partial charge in [-0.25, -0.2) is 9.97 Å². The van der Waals surface area contributed by atoms with E-state index in [0.29, 0.717) is 6.54 Å². The molecule has 98 valence electrons. The summed E-state index contributed by atoms with van der Waals surface area (Å²) in [7, 11) is 1.52. The molecule has 0 saturated heterocycles. The predicted molar refractivity (Wildman–Crippen MR) is 70.1 cm³/mol. The summed E-state index contributed by atoms with van der Waals surface area (Å²) in [5, 5.41) is 2.79. The lowest BCUT2D eigenvalue weighted by molar-refractivity contribution is -0.131. The zero-order valence-corrected chi connectivity index (χ0v) is 10.6. The Labute approximate surface area is 111 Å². The molecule has 0 aliphatic heterocycles. The van der Waals surface area contributed by atoms with Crippen LogP contribution in [0.4, 0.5) is 0 Å². The fraction of sp³-hybridized carbons (Fsp3) is 0.214. The summed E-state index contributed by atoms with van der Waals surface area (Å²) in [5.41, 5.74) is 1.58. The molecule has 2 rings (SSSR count). The molecule has 5 nitrogen and oxygen atoms in total. The number of methoxy groups -OCH3 is 1. The van der Waals surface area contributed by atoms with Crippen molar-refractivity contribution in [3.63, 3.8) is 0 Å². The smallest absolute Gasteiger partial charge is 0.254 e. The van der Waals surface area contributed by atoms with Gasteiger partial charge in [0.25, 0.3) is 5.91 Å². The Kier molecular flexibility index (Phi) is 4.58. The molecular formula is C14H15N3O2. The van der Waals surface area contributed by atoms with E-state index in [1.807, 2.05) is 30.3 Å². The van der Waals surface area contributed by atoms with Crippen LogP contribution in [-0.4, -0.2) is 23.0 Å². The van der Waals surface area contributed by atoms with Gasteiger partial charge >= 0.3 is 0 Å². The average Bonchev–Trinajstić information content (AvgIpc) is 2.48. The lowest BCUT2D eigenvalue weighted by Crippen LogP contribution is -2.30. The third-order valence-corrected chi connectivity index (χ3v) is 2.66. The normalized spacial score (nSPS) is 11.8. The zero-order chi connectivity index (χ0) is 13.5. The molecular weight excluding hydrogens is 242 g/mol. The van der Waals surface area contributed by atoms with Crippen LogP contribution >= 0.6 is 0 Å². The SMILES string of the molecule is CO[C@@H](C(=O)NCc1ccncn1)c1ccccc1. The lowest BCUT2D eigenvalue weighted by Gasteiger charge is -2.15. The summed E-state index contributed by atoms with van der Waals surface area (Å²) in [6.07, 6.45) is 2.48. The Morgan fingerprint density at radius 2 is 2.11 bits per heavy atom. The van der Waals surface area contributed by atoms with E-state index in [0.717, 1.165) is 11.3 Å². The molecule has 0 aliphatic rings. The summed E-state index contributed by atoms with van der Waals surface area (Å²) in [6.45, 7) is 0.355. The minimum absolute atomic E-state index is 0.188. The molecule has 1 aromatic heterocycles. The number of ether oxygens (including phenoxy) is 1. The van der Waals surface area contributed by atoms with Crippen LogP contribution < -0.4 is 5.32 Å². The number of benzene rings is 1. The van der Waals surface area contributed by atoms with Gasteiger partial charge < -0.3 is 10.1 Å². The van der Waals surface area contributed by atoms with E-state index in [1.54, 1.807) is 12.3 Å². The first kappa shape index (κ1) is 13.2. The summed E-state index contributed by atoms with van der Waals surface area (Å²) in [4.78, 5) is 19.9. The maximum Gasteiger partial charge on any atom is 0.254 e. The van der Waals surface area contributed by atoms with Crippen LogP contribution in [-0.2, 0) is 16.1 Å². The fourth-order valence-electron chi connectivity index (χ4n) is 1.72. The summed E-state index contributed by atoms with van der Waals surface area (Å²) >= 11 is 0. The van der Waals surface area contributed by atoms with Gasteiger partial charge in [0.2, 0.25) is 0 Å². The molecule has 1 heterocycles. The van der Waals surface area contributed by atoms with E-state index in [-0.39, 0.29) is 5.91 Å². The topological polar surface area (TPSA) is 64.1 Å². The maximum absolute atomic E-state index is 12.1. The molecule has 2 aromatic rings. The van der Waals surface area contributed by atoms with Gasteiger partial charge in [0.15, 0.2) is 6.10 Å². The lowest BCUT2D eigenvalue weighted by atomic mass is 10.1. The van der Waals surface area contributed by atoms with E-state index < -0.39 is 6.10 Å². The van der Waals surface area contributed by atoms with Crippen LogP contribution in [0.1, 0.15) is 17.4 Å². The zero-order valence-electron chi connectivity index (χ0n) is 10.6. The Morgan fingerprint density at radius 1 is 1.32 bits per heavy atom. The van der Waals surface area contributed by atoms with Gasteiger partial charge in [0, 0.05) is 13.3 Å². The number of carbonyl (C=O) groups excluding carboxylic acids is 1. The number of nitrogens with zero attached hydrogens (tertiary/aromatic N) is 2. The largest absolute Gasteiger partial charge is 0.367 e. The van der Waals surface area contributed by atoms with Crippen molar-refractivity contribution in [1.82, 2.24) is 15.3 Å². The van der Waals surface area contributed by atoms with Gasteiger partial charge in [-0.1, -0.05) is 30.3 Å². The van der Waals surface area contributed by atoms with Crippen LogP contribution in [0.25, 0.3) is 0 Å². The predicted octanol–water partition coefficient (Wildman–Crippen LogP) is 1.48. The van der Waals surface area contributed by atoms with Gasteiger partial charge in [-0.3, -0.25) is 4.79 Å². The van der Waals surface area contributed by atoms with Crippen molar-refractivity contribution in [3.05, 3.63) is 60.2 Å². The first-order valence-electron chi connectivity index (χ1n) is 5.91. The molecule has 1 aromatic carbocycles. The van der Waals surface area contributed by atoms with Crippen molar-refractivity contribution in [2.24, 2.45) is 0 Å². The highest BCUT2D eigenvalue weighted by Crippen LogP contribution is 2.16. The van der Waals surface area contributed by atoms with E-state index in [4.69, 9.17) is 4.74 Å². The average molecular weight is 257 g/mol. The Hall–Kier alpha value is -2.27. The van der Waals surface area contributed by atoms with Crippen LogP contribution in [0.15, 0.2) is 48.9 Å². The first-order valence-corrected chi connectivity index (χ1v) is 5.91. The van der Waals surface area contributed by atoms with E-state index >= 15 is 0 Å². The monoisotopic (exact) mass is 257 g/mol. The standard InChI is InChI=1S/C14H15N3O2/c1-19-13(11-5-3-2-4-6-11)14(18)16-9-12-7-8-15-10-17-12/h2-8,10,13H,9H2,1H3,(H,16,18)/t13-/m1/s1. The van der Waals surface area contributed by atoms with Crippen molar-refractivity contribution in [2.45, 2.75) is 12.6 Å². The second kappa shape index (κ2) is 6.61. The number of aromatic nitrogens is 2. The van der Waals surface area contributed by atoms with Crippen LogP contribution in [0.2, 0.25) is 0 Å². The molecule has 0 radical (unpaired) electrons. The Balaban J connectivity index is 1.98.